The zero-order valence-corrected chi connectivity index (χ0v) is 18.7. The lowest BCUT2D eigenvalue weighted by Gasteiger charge is -2.31. The molecule has 7 heteroatoms. The first-order valence-corrected chi connectivity index (χ1v) is 11.1. The summed E-state index contributed by atoms with van der Waals surface area (Å²) in [6.07, 6.45) is 2.01. The molecule has 168 valence electrons. The number of rotatable bonds is 6. The summed E-state index contributed by atoms with van der Waals surface area (Å²) < 4.78 is 5.59. The second-order valence-electron chi connectivity index (χ2n) is 8.57. The highest BCUT2D eigenvalue weighted by Gasteiger charge is 2.36. The van der Waals surface area contributed by atoms with Crippen LogP contribution in [0.25, 0.3) is 0 Å². The first kappa shape index (κ1) is 22.0. The van der Waals surface area contributed by atoms with Gasteiger partial charge in [-0.2, -0.15) is 5.10 Å². The van der Waals surface area contributed by atoms with Gasteiger partial charge < -0.3 is 10.5 Å². The zero-order chi connectivity index (χ0) is 22.7. The number of nitrogens with zero attached hydrogens (tertiary/aromatic N) is 3. The lowest BCUT2D eigenvalue weighted by atomic mass is 9.96. The molecule has 1 saturated heterocycles. The second-order valence-corrected chi connectivity index (χ2v) is 8.57. The third-order valence-electron chi connectivity index (χ3n) is 6.36. The van der Waals surface area contributed by atoms with Crippen molar-refractivity contribution in [3.05, 3.63) is 65.2 Å². The Hall–Kier alpha value is -3.19. The van der Waals surface area contributed by atoms with Gasteiger partial charge in [0.05, 0.1) is 25.4 Å². The van der Waals surface area contributed by atoms with E-state index in [1.54, 1.807) is 12.1 Å². The molecule has 2 aromatic rings. The highest BCUT2D eigenvalue weighted by atomic mass is 16.5. The van der Waals surface area contributed by atoms with Crippen LogP contribution in [0.1, 0.15) is 42.0 Å². The van der Waals surface area contributed by atoms with Crippen molar-refractivity contribution in [1.82, 2.24) is 9.91 Å². The first-order chi connectivity index (χ1) is 15.5. The van der Waals surface area contributed by atoms with E-state index >= 15 is 0 Å². The molecule has 4 rings (SSSR count). The summed E-state index contributed by atoms with van der Waals surface area (Å²) in [6.45, 7) is 3.68. The minimum absolute atomic E-state index is 0.0546. The quantitative estimate of drug-likeness (QED) is 0.757. The molecular weight excluding hydrogens is 404 g/mol. The second kappa shape index (κ2) is 9.53. The number of likely N-dealkylation sites (tertiary alicyclic amines) is 1. The number of piperidine rings is 1. The van der Waals surface area contributed by atoms with Gasteiger partial charge in [-0.05, 0) is 44.5 Å². The van der Waals surface area contributed by atoms with Crippen molar-refractivity contribution in [2.45, 2.75) is 32.2 Å². The molecule has 2 aromatic carbocycles. The van der Waals surface area contributed by atoms with Crippen LogP contribution in [0.3, 0.4) is 0 Å². The molecule has 0 radical (unpaired) electrons. The van der Waals surface area contributed by atoms with Gasteiger partial charge in [-0.25, -0.2) is 5.01 Å². The van der Waals surface area contributed by atoms with Crippen LogP contribution in [0.5, 0.6) is 5.75 Å². The van der Waals surface area contributed by atoms with Crippen molar-refractivity contribution in [2.75, 3.05) is 26.7 Å². The topological polar surface area (TPSA) is 88.2 Å². The lowest BCUT2D eigenvalue weighted by molar-refractivity contribution is -0.134. The maximum Gasteiger partial charge on any atom is 0.257 e. The molecule has 2 aliphatic heterocycles. The number of ether oxygens (including phenoxy) is 1. The molecule has 32 heavy (non-hydrogen) atoms. The molecule has 0 spiro atoms. The van der Waals surface area contributed by atoms with Gasteiger partial charge in [-0.15, -0.1) is 0 Å². The fourth-order valence-electron chi connectivity index (χ4n) is 4.56. The Bertz CT molecular complexity index is 1030. The average molecular weight is 435 g/mol. The van der Waals surface area contributed by atoms with Crippen molar-refractivity contribution in [2.24, 2.45) is 16.8 Å². The third kappa shape index (κ3) is 4.67. The Morgan fingerprint density at radius 3 is 2.56 bits per heavy atom. The Balaban J connectivity index is 1.58. The van der Waals surface area contributed by atoms with E-state index in [0.717, 1.165) is 28.2 Å². The van der Waals surface area contributed by atoms with Gasteiger partial charge in [-0.1, -0.05) is 48.0 Å². The summed E-state index contributed by atoms with van der Waals surface area (Å²) >= 11 is 0. The number of amides is 2. The molecule has 2 aliphatic rings. The predicted molar refractivity (Wildman–Crippen MR) is 123 cm³/mol. The highest BCUT2D eigenvalue weighted by Crippen LogP contribution is 2.37. The number of nitrogens with two attached hydrogens (primary N) is 1. The Morgan fingerprint density at radius 1 is 1.12 bits per heavy atom. The van der Waals surface area contributed by atoms with Crippen LogP contribution in [-0.4, -0.2) is 54.2 Å². The van der Waals surface area contributed by atoms with E-state index in [1.165, 1.54) is 0 Å². The lowest BCUT2D eigenvalue weighted by Crippen LogP contribution is -2.44. The monoisotopic (exact) mass is 434 g/mol. The molecule has 0 aliphatic carbocycles. The number of hydrazone groups is 1. The van der Waals surface area contributed by atoms with Gasteiger partial charge in [-0.3, -0.25) is 14.5 Å². The van der Waals surface area contributed by atoms with Crippen LogP contribution in [0.4, 0.5) is 0 Å². The maximum absolute atomic E-state index is 13.4. The fraction of sp³-hybridized carbons (Fsp3) is 0.400. The van der Waals surface area contributed by atoms with Crippen molar-refractivity contribution in [3.8, 4) is 5.75 Å². The van der Waals surface area contributed by atoms with Crippen LogP contribution in [0, 0.1) is 12.8 Å². The number of para-hydroxylation sites is 1. The summed E-state index contributed by atoms with van der Waals surface area (Å²) in [5.74, 6) is 0.346. The van der Waals surface area contributed by atoms with Gasteiger partial charge in [0.15, 0.2) is 0 Å². The van der Waals surface area contributed by atoms with Gasteiger partial charge in [0, 0.05) is 17.9 Å². The molecule has 2 N–H and O–H groups in total. The van der Waals surface area contributed by atoms with E-state index in [2.05, 4.69) is 24.0 Å². The van der Waals surface area contributed by atoms with Crippen molar-refractivity contribution >= 4 is 17.5 Å². The van der Waals surface area contributed by atoms with E-state index in [-0.39, 0.29) is 30.3 Å². The third-order valence-corrected chi connectivity index (χ3v) is 6.36. The molecular formula is C25H30N4O3. The molecule has 1 unspecified atom stereocenters. The fourth-order valence-corrected chi connectivity index (χ4v) is 4.56. The molecule has 2 heterocycles. The van der Waals surface area contributed by atoms with Crippen molar-refractivity contribution in [1.29, 1.82) is 0 Å². The SMILES string of the molecule is COc1ccccc1C1CC(c2cccc(C)c2)=NN1C(=O)CN1CCC(C(N)=O)CC1. The van der Waals surface area contributed by atoms with Gasteiger partial charge in [0.2, 0.25) is 5.91 Å². The van der Waals surface area contributed by atoms with E-state index in [0.29, 0.717) is 32.4 Å². The summed E-state index contributed by atoms with van der Waals surface area (Å²) in [5, 5.41) is 6.41. The summed E-state index contributed by atoms with van der Waals surface area (Å²) in [6, 6.07) is 15.8. The molecule has 0 aromatic heterocycles. The van der Waals surface area contributed by atoms with Gasteiger partial charge in [0.1, 0.15) is 5.75 Å². The van der Waals surface area contributed by atoms with Crippen molar-refractivity contribution < 1.29 is 14.3 Å². The number of hydrogen-bond donors (Lipinski definition) is 1. The van der Waals surface area contributed by atoms with Crippen LogP contribution in [0.2, 0.25) is 0 Å². The van der Waals surface area contributed by atoms with E-state index in [9.17, 15) is 9.59 Å². The number of carbonyl (C=O) groups is 2. The van der Waals surface area contributed by atoms with Crippen molar-refractivity contribution in [3.63, 3.8) is 0 Å². The maximum atomic E-state index is 13.4. The summed E-state index contributed by atoms with van der Waals surface area (Å²) in [4.78, 5) is 26.9. The number of primary amides is 1. The highest BCUT2D eigenvalue weighted by molar-refractivity contribution is 6.03. The molecule has 7 nitrogen and oxygen atoms in total. The smallest absolute Gasteiger partial charge is 0.257 e. The normalized spacial score (nSPS) is 19.6. The Kier molecular flexibility index (Phi) is 6.55. The van der Waals surface area contributed by atoms with Gasteiger partial charge in [0.25, 0.3) is 5.91 Å². The van der Waals surface area contributed by atoms with Crippen LogP contribution in [-0.2, 0) is 9.59 Å². The zero-order valence-electron chi connectivity index (χ0n) is 18.7. The number of aryl methyl sites for hydroxylation is 1. The minimum Gasteiger partial charge on any atom is -0.496 e. The number of benzene rings is 2. The van der Waals surface area contributed by atoms with E-state index in [4.69, 9.17) is 15.6 Å². The largest absolute Gasteiger partial charge is 0.496 e. The number of carbonyl (C=O) groups excluding carboxylic acids is 2. The summed E-state index contributed by atoms with van der Waals surface area (Å²) in [7, 11) is 1.64. The Morgan fingerprint density at radius 2 is 1.88 bits per heavy atom. The number of methoxy groups -OCH3 is 1. The molecule has 1 atom stereocenters. The first-order valence-electron chi connectivity index (χ1n) is 11.1. The number of hydrogen-bond acceptors (Lipinski definition) is 5. The summed E-state index contributed by atoms with van der Waals surface area (Å²) in [5.41, 5.74) is 9.47. The minimum atomic E-state index is -0.251. The standard InChI is InChI=1S/C25H30N4O3/c1-17-6-5-7-19(14-17)21-15-22(20-8-3-4-9-23(20)32-2)29(27-21)24(30)16-28-12-10-18(11-13-28)25(26)31/h3-9,14,18,22H,10-13,15-16H2,1-2H3,(H2,26,31). The van der Waals surface area contributed by atoms with Gasteiger partial charge >= 0.3 is 0 Å². The molecule has 2 amide bonds. The van der Waals surface area contributed by atoms with E-state index < -0.39 is 0 Å². The van der Waals surface area contributed by atoms with Crippen LogP contribution >= 0.6 is 0 Å². The molecule has 0 saturated carbocycles. The van der Waals surface area contributed by atoms with Crippen LogP contribution < -0.4 is 10.5 Å². The molecule has 0 bridgehead atoms. The van der Waals surface area contributed by atoms with Crippen LogP contribution in [0.15, 0.2) is 53.6 Å². The average Bonchev–Trinajstić information content (AvgIpc) is 3.25. The molecule has 1 fully saturated rings. The van der Waals surface area contributed by atoms with E-state index in [1.807, 2.05) is 36.4 Å². The predicted octanol–water partition coefficient (Wildman–Crippen LogP) is 2.88. The Labute approximate surface area is 188 Å².